The van der Waals surface area contributed by atoms with Crippen molar-refractivity contribution in [2.75, 3.05) is 0 Å². The van der Waals surface area contributed by atoms with E-state index in [9.17, 15) is 0 Å². The molecule has 0 radical (unpaired) electrons. The van der Waals surface area contributed by atoms with Gasteiger partial charge in [-0.15, -0.1) is 0 Å². The lowest BCUT2D eigenvalue weighted by Gasteiger charge is -2.20. The maximum absolute atomic E-state index is 4.59. The summed E-state index contributed by atoms with van der Waals surface area (Å²) in [5.41, 5.74) is 1.84. The Balaban J connectivity index is 2.73. The zero-order valence-electron chi connectivity index (χ0n) is 12.1. The molecule has 0 saturated heterocycles. The van der Waals surface area contributed by atoms with Gasteiger partial charge in [0.2, 0.25) is 0 Å². The molecule has 0 heterocycles. The third-order valence-electron chi connectivity index (χ3n) is 3.39. The zero-order valence-corrected chi connectivity index (χ0v) is 12.1. The standard InChI is InChI=1S/C16H28N2/c1-13(2)17-16(18-14(3)4)15-11-9-7-5-6-8-10-12-15/h15H,1,3,5-12H2,2,4H3,(H,17,18). The first-order chi connectivity index (χ1) is 8.59. The van der Waals surface area contributed by atoms with Gasteiger partial charge in [-0.2, -0.15) is 0 Å². The summed E-state index contributed by atoms with van der Waals surface area (Å²) in [5.74, 6) is 1.63. The normalized spacial score (nSPS) is 19.6. The maximum Gasteiger partial charge on any atom is 0.109 e. The first kappa shape index (κ1) is 15.0. The van der Waals surface area contributed by atoms with Crippen molar-refractivity contribution >= 4 is 5.84 Å². The van der Waals surface area contributed by atoms with Gasteiger partial charge >= 0.3 is 0 Å². The van der Waals surface area contributed by atoms with Crippen LogP contribution in [0.25, 0.3) is 0 Å². The van der Waals surface area contributed by atoms with Crippen molar-refractivity contribution in [2.45, 2.75) is 65.2 Å². The molecular formula is C16H28N2. The smallest absolute Gasteiger partial charge is 0.109 e. The maximum atomic E-state index is 4.59. The van der Waals surface area contributed by atoms with Gasteiger partial charge in [-0.3, -0.25) is 0 Å². The average Bonchev–Trinajstić information content (AvgIpc) is 2.39. The van der Waals surface area contributed by atoms with Crippen molar-refractivity contribution in [3.8, 4) is 0 Å². The lowest BCUT2D eigenvalue weighted by atomic mass is 9.95. The van der Waals surface area contributed by atoms with Gasteiger partial charge in [-0.25, -0.2) is 4.99 Å². The Hall–Kier alpha value is -1.05. The van der Waals surface area contributed by atoms with Crippen molar-refractivity contribution in [3.05, 3.63) is 24.6 Å². The summed E-state index contributed by atoms with van der Waals surface area (Å²) in [6, 6.07) is 0. The molecule has 0 bridgehead atoms. The van der Waals surface area contributed by atoms with Crippen LogP contribution in [0.15, 0.2) is 29.5 Å². The van der Waals surface area contributed by atoms with E-state index >= 15 is 0 Å². The van der Waals surface area contributed by atoms with E-state index in [0.29, 0.717) is 5.92 Å². The molecular weight excluding hydrogens is 220 g/mol. The predicted octanol–water partition coefficient (Wildman–Crippen LogP) is 4.79. The highest BCUT2D eigenvalue weighted by atomic mass is 15.0. The lowest BCUT2D eigenvalue weighted by molar-refractivity contribution is 0.527. The van der Waals surface area contributed by atoms with Crippen LogP contribution in [-0.4, -0.2) is 5.84 Å². The first-order valence-electron chi connectivity index (χ1n) is 7.26. The van der Waals surface area contributed by atoms with Crippen LogP contribution in [-0.2, 0) is 0 Å². The third kappa shape index (κ3) is 6.04. The summed E-state index contributed by atoms with van der Waals surface area (Å²) < 4.78 is 0. The Bertz CT molecular complexity index is 305. The van der Waals surface area contributed by atoms with Gasteiger partial charge in [0, 0.05) is 17.3 Å². The van der Waals surface area contributed by atoms with E-state index in [-0.39, 0.29) is 0 Å². The van der Waals surface area contributed by atoms with Crippen LogP contribution in [0.3, 0.4) is 0 Å². The highest BCUT2D eigenvalue weighted by molar-refractivity contribution is 5.86. The number of hydrogen-bond acceptors (Lipinski definition) is 1. The second-order valence-corrected chi connectivity index (χ2v) is 5.53. The molecule has 1 N–H and O–H groups in total. The fourth-order valence-corrected chi connectivity index (χ4v) is 2.55. The van der Waals surface area contributed by atoms with E-state index in [4.69, 9.17) is 0 Å². The Morgan fingerprint density at radius 1 is 0.944 bits per heavy atom. The van der Waals surface area contributed by atoms with Crippen LogP contribution < -0.4 is 5.32 Å². The number of nitrogens with zero attached hydrogens (tertiary/aromatic N) is 1. The second kappa shape index (κ2) is 8.12. The monoisotopic (exact) mass is 248 g/mol. The van der Waals surface area contributed by atoms with E-state index in [0.717, 1.165) is 17.2 Å². The summed E-state index contributed by atoms with van der Waals surface area (Å²) in [7, 11) is 0. The summed E-state index contributed by atoms with van der Waals surface area (Å²) in [4.78, 5) is 4.59. The predicted molar refractivity (Wildman–Crippen MR) is 80.6 cm³/mol. The van der Waals surface area contributed by atoms with Gasteiger partial charge in [0.25, 0.3) is 0 Å². The van der Waals surface area contributed by atoms with Crippen molar-refractivity contribution < 1.29 is 0 Å². The molecule has 0 aliphatic heterocycles. The van der Waals surface area contributed by atoms with E-state index in [1.165, 1.54) is 51.4 Å². The highest BCUT2D eigenvalue weighted by Crippen LogP contribution is 2.23. The van der Waals surface area contributed by atoms with E-state index in [1.54, 1.807) is 0 Å². The topological polar surface area (TPSA) is 24.4 Å². The lowest BCUT2D eigenvalue weighted by Crippen LogP contribution is -2.29. The molecule has 0 aromatic rings. The van der Waals surface area contributed by atoms with Crippen LogP contribution in [0.1, 0.15) is 65.2 Å². The minimum atomic E-state index is 0.552. The van der Waals surface area contributed by atoms with Gasteiger partial charge in [0.15, 0.2) is 0 Å². The van der Waals surface area contributed by atoms with Crippen LogP contribution in [0.5, 0.6) is 0 Å². The molecule has 1 fully saturated rings. The number of hydrogen-bond donors (Lipinski definition) is 1. The largest absolute Gasteiger partial charge is 0.348 e. The van der Waals surface area contributed by atoms with E-state index in [2.05, 4.69) is 23.5 Å². The fraction of sp³-hybridized carbons (Fsp3) is 0.688. The molecule has 1 saturated carbocycles. The summed E-state index contributed by atoms with van der Waals surface area (Å²) >= 11 is 0. The summed E-state index contributed by atoms with van der Waals surface area (Å²) in [6.07, 6.45) is 10.6. The zero-order chi connectivity index (χ0) is 13.4. The molecule has 102 valence electrons. The SMILES string of the molecule is C=C(C)N=C(NC(=C)C)C1CCCCCCCC1. The average molecular weight is 248 g/mol. The molecule has 0 aromatic heterocycles. The van der Waals surface area contributed by atoms with Crippen molar-refractivity contribution in [2.24, 2.45) is 10.9 Å². The molecule has 0 unspecified atom stereocenters. The van der Waals surface area contributed by atoms with Crippen molar-refractivity contribution in [1.29, 1.82) is 0 Å². The summed E-state index contributed by atoms with van der Waals surface area (Å²) in [5, 5.41) is 3.34. The number of nitrogens with one attached hydrogen (secondary N) is 1. The number of allylic oxidation sites excluding steroid dienone is 2. The molecule has 18 heavy (non-hydrogen) atoms. The highest BCUT2D eigenvalue weighted by Gasteiger charge is 2.17. The van der Waals surface area contributed by atoms with Gasteiger partial charge in [-0.05, 0) is 26.7 Å². The van der Waals surface area contributed by atoms with Crippen LogP contribution in [0.2, 0.25) is 0 Å². The second-order valence-electron chi connectivity index (χ2n) is 5.53. The number of rotatable bonds is 3. The first-order valence-corrected chi connectivity index (χ1v) is 7.26. The van der Waals surface area contributed by atoms with Crippen molar-refractivity contribution in [3.63, 3.8) is 0 Å². The minimum Gasteiger partial charge on any atom is -0.348 e. The van der Waals surface area contributed by atoms with Crippen LogP contribution in [0.4, 0.5) is 0 Å². The van der Waals surface area contributed by atoms with Gasteiger partial charge in [0.05, 0.1) is 0 Å². The summed E-state index contributed by atoms with van der Waals surface area (Å²) in [6.45, 7) is 11.8. The molecule has 0 aromatic carbocycles. The molecule has 0 atom stereocenters. The van der Waals surface area contributed by atoms with Crippen molar-refractivity contribution in [1.82, 2.24) is 5.32 Å². The molecule has 0 spiro atoms. The van der Waals surface area contributed by atoms with Crippen LogP contribution >= 0.6 is 0 Å². The molecule has 1 aliphatic rings. The van der Waals surface area contributed by atoms with Gasteiger partial charge < -0.3 is 5.32 Å². The van der Waals surface area contributed by atoms with E-state index < -0.39 is 0 Å². The quantitative estimate of drug-likeness (QED) is 0.563. The molecule has 1 aliphatic carbocycles. The van der Waals surface area contributed by atoms with Gasteiger partial charge in [-0.1, -0.05) is 51.7 Å². The van der Waals surface area contributed by atoms with Crippen LogP contribution in [0, 0.1) is 5.92 Å². The Labute approximate surface area is 112 Å². The molecule has 2 nitrogen and oxygen atoms in total. The fourth-order valence-electron chi connectivity index (χ4n) is 2.55. The molecule has 0 amide bonds. The Morgan fingerprint density at radius 3 is 1.89 bits per heavy atom. The molecule has 2 heteroatoms. The number of aliphatic imine (C=N–C) groups is 1. The Morgan fingerprint density at radius 2 is 1.44 bits per heavy atom. The number of amidine groups is 1. The van der Waals surface area contributed by atoms with E-state index in [1.807, 2.05) is 13.8 Å². The molecule has 1 rings (SSSR count). The third-order valence-corrected chi connectivity index (χ3v) is 3.39. The van der Waals surface area contributed by atoms with Gasteiger partial charge in [0.1, 0.15) is 5.84 Å². The minimum absolute atomic E-state index is 0.552. The Kier molecular flexibility index (Phi) is 6.77.